The molecule has 0 spiro atoms. The van der Waals surface area contributed by atoms with Crippen molar-refractivity contribution in [2.75, 3.05) is 0 Å². The number of hydrogen-bond donors (Lipinski definition) is 1. The maximum Gasteiger partial charge on any atom is 2.00 e. The average Bonchev–Trinajstić information content (AvgIpc) is 2.17. The van der Waals surface area contributed by atoms with Gasteiger partial charge in [0.1, 0.15) is 5.69 Å². The van der Waals surface area contributed by atoms with Crippen molar-refractivity contribution in [3.63, 3.8) is 0 Å². The second-order valence-corrected chi connectivity index (χ2v) is 2.69. The summed E-state index contributed by atoms with van der Waals surface area (Å²) in [4.78, 5) is 14.6. The van der Waals surface area contributed by atoms with Crippen LogP contribution in [-0.2, 0) is 0 Å². The molecule has 0 unspecified atom stereocenters. The summed E-state index contributed by atoms with van der Waals surface area (Å²) in [5.74, 6) is -0.995. The molecule has 2 rings (SSSR count). The molecule has 0 fully saturated rings. The summed E-state index contributed by atoms with van der Waals surface area (Å²) in [6.45, 7) is 0. The van der Waals surface area contributed by atoms with Gasteiger partial charge in [-0.15, -0.1) is 0 Å². The standard InChI is InChI=1S/C10H7NO2.Ca.2H/c12-10(13)9-6-5-7-3-1-2-4-8(7)11-9;;;/h1-6H,(H,12,13);;;/q;+2;2*-1. The smallest absolute Gasteiger partial charge is 1.00 e. The minimum Gasteiger partial charge on any atom is -1.00 e. The molecule has 14 heavy (non-hydrogen) atoms. The van der Waals surface area contributed by atoms with Crippen molar-refractivity contribution < 1.29 is 12.8 Å². The third-order valence-electron chi connectivity index (χ3n) is 1.82. The number of nitrogens with zero attached hydrogens (tertiary/aromatic N) is 1. The van der Waals surface area contributed by atoms with Gasteiger partial charge in [0.2, 0.25) is 0 Å². The summed E-state index contributed by atoms with van der Waals surface area (Å²) in [5, 5.41) is 9.63. The third-order valence-corrected chi connectivity index (χ3v) is 1.82. The Labute approximate surface area is 114 Å². The number of carboxylic acids is 1. The zero-order valence-electron chi connectivity index (χ0n) is 9.47. The predicted octanol–water partition coefficient (Wildman–Crippen LogP) is 1.78. The third kappa shape index (κ3) is 2.23. The van der Waals surface area contributed by atoms with Crippen LogP contribution in [0.1, 0.15) is 13.3 Å². The summed E-state index contributed by atoms with van der Waals surface area (Å²) in [7, 11) is 0. The van der Waals surface area contributed by atoms with Crippen molar-refractivity contribution in [1.29, 1.82) is 0 Å². The van der Waals surface area contributed by atoms with Gasteiger partial charge in [-0.2, -0.15) is 0 Å². The predicted molar refractivity (Wildman–Crippen MR) is 56.7 cm³/mol. The Balaban J connectivity index is 0. The van der Waals surface area contributed by atoms with E-state index in [1.54, 1.807) is 12.1 Å². The minimum absolute atomic E-state index is 0. The number of fused-ring (bicyclic) bond motifs is 1. The summed E-state index contributed by atoms with van der Waals surface area (Å²) >= 11 is 0. The van der Waals surface area contributed by atoms with Crippen LogP contribution in [0.3, 0.4) is 0 Å². The fraction of sp³-hybridized carbons (Fsp3) is 0. The van der Waals surface area contributed by atoms with E-state index >= 15 is 0 Å². The Morgan fingerprint density at radius 2 is 1.93 bits per heavy atom. The molecule has 0 aliphatic heterocycles. The van der Waals surface area contributed by atoms with Crippen LogP contribution in [0.5, 0.6) is 0 Å². The molecule has 1 aromatic heterocycles. The molecular formula is C10H9CaNO2. The van der Waals surface area contributed by atoms with E-state index in [2.05, 4.69) is 4.98 Å². The summed E-state index contributed by atoms with van der Waals surface area (Å²) < 4.78 is 0. The fourth-order valence-corrected chi connectivity index (χ4v) is 1.19. The van der Waals surface area contributed by atoms with Crippen molar-refractivity contribution in [1.82, 2.24) is 4.98 Å². The molecule has 0 amide bonds. The first-order chi connectivity index (χ1) is 6.27. The summed E-state index contributed by atoms with van der Waals surface area (Å²) in [6, 6.07) is 10.7. The van der Waals surface area contributed by atoms with Crippen LogP contribution in [0.15, 0.2) is 36.4 Å². The van der Waals surface area contributed by atoms with Gasteiger partial charge in [-0.1, -0.05) is 24.3 Å². The van der Waals surface area contributed by atoms with Crippen molar-refractivity contribution in [3.05, 3.63) is 42.1 Å². The van der Waals surface area contributed by atoms with Crippen molar-refractivity contribution >= 4 is 54.6 Å². The molecule has 1 N–H and O–H groups in total. The maximum absolute atomic E-state index is 10.6. The minimum atomic E-state index is -0.995. The van der Waals surface area contributed by atoms with E-state index in [9.17, 15) is 4.79 Å². The summed E-state index contributed by atoms with van der Waals surface area (Å²) in [6.07, 6.45) is 0. The van der Waals surface area contributed by atoms with E-state index in [0.29, 0.717) is 5.52 Å². The zero-order chi connectivity index (χ0) is 9.26. The average molecular weight is 215 g/mol. The maximum atomic E-state index is 10.6. The van der Waals surface area contributed by atoms with E-state index in [4.69, 9.17) is 5.11 Å². The van der Waals surface area contributed by atoms with E-state index in [1.807, 2.05) is 18.2 Å². The number of hydrogen-bond acceptors (Lipinski definition) is 2. The van der Waals surface area contributed by atoms with E-state index in [-0.39, 0.29) is 46.3 Å². The van der Waals surface area contributed by atoms with Crippen LogP contribution in [0.4, 0.5) is 0 Å². The topological polar surface area (TPSA) is 50.2 Å². The Morgan fingerprint density at radius 1 is 1.21 bits per heavy atom. The van der Waals surface area contributed by atoms with Gasteiger partial charge in [-0.05, 0) is 12.1 Å². The molecule has 4 heteroatoms. The molecule has 0 saturated heterocycles. The molecule has 0 aliphatic carbocycles. The van der Waals surface area contributed by atoms with E-state index < -0.39 is 5.97 Å². The Hall–Kier alpha value is -0.640. The SMILES string of the molecule is O=C(O)c1ccc2ccccc2n1.[Ca+2].[H-].[H-]. The van der Waals surface area contributed by atoms with Crippen LogP contribution in [0.2, 0.25) is 0 Å². The van der Waals surface area contributed by atoms with E-state index in [0.717, 1.165) is 5.39 Å². The fourth-order valence-electron chi connectivity index (χ4n) is 1.19. The molecule has 68 valence electrons. The van der Waals surface area contributed by atoms with Gasteiger partial charge < -0.3 is 7.96 Å². The van der Waals surface area contributed by atoms with Gasteiger partial charge in [0.05, 0.1) is 5.52 Å². The van der Waals surface area contributed by atoms with Crippen LogP contribution in [-0.4, -0.2) is 53.8 Å². The number of aromatic nitrogens is 1. The number of carboxylic acid groups (broad SMARTS) is 1. The molecule has 0 atom stereocenters. The van der Waals surface area contributed by atoms with Gasteiger partial charge in [0, 0.05) is 5.39 Å². The van der Waals surface area contributed by atoms with Gasteiger partial charge >= 0.3 is 43.7 Å². The monoisotopic (exact) mass is 215 g/mol. The van der Waals surface area contributed by atoms with Gasteiger partial charge in [-0.25, -0.2) is 9.78 Å². The number of rotatable bonds is 1. The second-order valence-electron chi connectivity index (χ2n) is 2.69. The van der Waals surface area contributed by atoms with Crippen LogP contribution < -0.4 is 0 Å². The molecule has 0 bridgehead atoms. The number of carbonyl (C=O) groups is 1. The molecule has 0 saturated carbocycles. The van der Waals surface area contributed by atoms with Crippen molar-refractivity contribution in [2.24, 2.45) is 0 Å². The quantitative estimate of drug-likeness (QED) is 0.738. The molecule has 0 aliphatic rings. The van der Waals surface area contributed by atoms with Gasteiger partial charge in [-0.3, -0.25) is 0 Å². The largest absolute Gasteiger partial charge is 2.00 e. The van der Waals surface area contributed by atoms with Crippen LogP contribution in [0, 0.1) is 0 Å². The molecule has 0 radical (unpaired) electrons. The Bertz CT molecular complexity index is 479. The molecule has 2 aromatic rings. The molecule has 1 aromatic carbocycles. The zero-order valence-corrected chi connectivity index (χ0v) is 9.68. The van der Waals surface area contributed by atoms with Crippen molar-refractivity contribution in [3.8, 4) is 0 Å². The first-order valence-electron chi connectivity index (χ1n) is 3.86. The number of pyridine rings is 1. The molecule has 1 heterocycles. The Morgan fingerprint density at radius 3 is 2.64 bits per heavy atom. The van der Waals surface area contributed by atoms with Crippen LogP contribution >= 0.6 is 0 Å². The number of benzene rings is 1. The first kappa shape index (κ1) is 11.4. The van der Waals surface area contributed by atoms with Gasteiger partial charge in [0.15, 0.2) is 0 Å². The molecular weight excluding hydrogens is 206 g/mol. The Kier molecular flexibility index (Phi) is 3.86. The van der Waals surface area contributed by atoms with Gasteiger partial charge in [0.25, 0.3) is 0 Å². The number of para-hydroxylation sites is 1. The van der Waals surface area contributed by atoms with Crippen molar-refractivity contribution in [2.45, 2.75) is 0 Å². The number of aromatic carboxylic acids is 1. The molecule has 3 nitrogen and oxygen atoms in total. The second kappa shape index (κ2) is 4.73. The van der Waals surface area contributed by atoms with E-state index in [1.165, 1.54) is 6.07 Å². The summed E-state index contributed by atoms with van der Waals surface area (Å²) in [5.41, 5.74) is 0.793. The first-order valence-corrected chi connectivity index (χ1v) is 3.86. The van der Waals surface area contributed by atoms with Crippen LogP contribution in [0.25, 0.3) is 10.9 Å². The normalized spacial score (nSPS) is 9.43.